The van der Waals surface area contributed by atoms with E-state index < -0.39 is 0 Å². The van der Waals surface area contributed by atoms with Crippen molar-refractivity contribution < 1.29 is 9.90 Å². The highest BCUT2D eigenvalue weighted by Crippen LogP contribution is 2.21. The van der Waals surface area contributed by atoms with E-state index in [1.165, 1.54) is 0 Å². The number of benzene rings is 1. The number of hydrogen-bond donors (Lipinski definition) is 1. The highest BCUT2D eigenvalue weighted by Gasteiger charge is 2.24. The SMILES string of the molecule is O=C(c1nnc(Cl)s1)N1CCN(c2ccc(O)cc2)CC1. The van der Waals surface area contributed by atoms with E-state index in [2.05, 4.69) is 15.1 Å². The van der Waals surface area contributed by atoms with E-state index in [9.17, 15) is 9.90 Å². The second-order valence-electron chi connectivity index (χ2n) is 4.66. The molecule has 0 saturated carbocycles. The summed E-state index contributed by atoms with van der Waals surface area (Å²) in [4.78, 5) is 16.2. The Kier molecular flexibility index (Phi) is 3.94. The lowest BCUT2D eigenvalue weighted by atomic mass is 10.2. The predicted octanol–water partition coefficient (Wildman–Crippen LogP) is 1.86. The molecule has 0 aliphatic carbocycles. The quantitative estimate of drug-likeness (QED) is 0.913. The fourth-order valence-electron chi connectivity index (χ4n) is 2.26. The van der Waals surface area contributed by atoms with Crippen LogP contribution in [0.3, 0.4) is 0 Å². The fraction of sp³-hybridized carbons (Fsp3) is 0.308. The monoisotopic (exact) mass is 324 g/mol. The number of amides is 1. The van der Waals surface area contributed by atoms with Gasteiger partial charge in [0.15, 0.2) is 0 Å². The van der Waals surface area contributed by atoms with E-state index in [-0.39, 0.29) is 16.1 Å². The second-order valence-corrected chi connectivity index (χ2v) is 6.22. The van der Waals surface area contributed by atoms with Crippen LogP contribution in [0.1, 0.15) is 9.80 Å². The van der Waals surface area contributed by atoms with E-state index in [0.29, 0.717) is 18.1 Å². The van der Waals surface area contributed by atoms with Crippen molar-refractivity contribution in [1.29, 1.82) is 0 Å². The van der Waals surface area contributed by atoms with Crippen molar-refractivity contribution in [3.63, 3.8) is 0 Å². The topological polar surface area (TPSA) is 69.6 Å². The molecule has 3 rings (SSSR count). The van der Waals surface area contributed by atoms with Gasteiger partial charge in [-0.1, -0.05) is 11.3 Å². The Labute approximate surface area is 130 Å². The van der Waals surface area contributed by atoms with Crippen molar-refractivity contribution >= 4 is 34.5 Å². The van der Waals surface area contributed by atoms with Crippen LogP contribution in [0.25, 0.3) is 0 Å². The number of nitrogens with zero attached hydrogens (tertiary/aromatic N) is 4. The molecule has 8 heteroatoms. The van der Waals surface area contributed by atoms with Crippen LogP contribution >= 0.6 is 22.9 Å². The fourth-order valence-corrected chi connectivity index (χ4v) is 3.05. The van der Waals surface area contributed by atoms with Gasteiger partial charge in [0.1, 0.15) is 5.75 Å². The summed E-state index contributed by atoms with van der Waals surface area (Å²) in [6.07, 6.45) is 0. The molecule has 1 fully saturated rings. The van der Waals surface area contributed by atoms with E-state index >= 15 is 0 Å². The molecule has 1 aliphatic heterocycles. The summed E-state index contributed by atoms with van der Waals surface area (Å²) in [6.45, 7) is 2.72. The molecule has 0 radical (unpaired) electrons. The molecule has 0 unspecified atom stereocenters. The summed E-state index contributed by atoms with van der Waals surface area (Å²) in [6, 6.07) is 7.07. The van der Waals surface area contributed by atoms with Crippen LogP contribution in [-0.2, 0) is 0 Å². The van der Waals surface area contributed by atoms with Crippen LogP contribution in [0, 0.1) is 0 Å². The molecule has 1 N–H and O–H groups in total. The summed E-state index contributed by atoms with van der Waals surface area (Å²) < 4.78 is 0.279. The Morgan fingerprint density at radius 3 is 2.38 bits per heavy atom. The van der Waals surface area contributed by atoms with Crippen molar-refractivity contribution in [3.8, 4) is 5.75 Å². The lowest BCUT2D eigenvalue weighted by Gasteiger charge is -2.35. The van der Waals surface area contributed by atoms with Gasteiger partial charge in [-0.15, -0.1) is 10.2 Å². The Balaban J connectivity index is 1.62. The summed E-state index contributed by atoms with van der Waals surface area (Å²) in [5.74, 6) is 0.130. The molecule has 2 aromatic rings. The molecule has 1 amide bonds. The maximum atomic E-state index is 12.2. The highest BCUT2D eigenvalue weighted by molar-refractivity contribution is 7.17. The van der Waals surface area contributed by atoms with Crippen LogP contribution in [0.4, 0.5) is 5.69 Å². The number of hydrogen-bond acceptors (Lipinski definition) is 6. The number of phenols is 1. The number of halogens is 1. The van der Waals surface area contributed by atoms with Crippen molar-refractivity contribution in [2.45, 2.75) is 0 Å². The molecule has 2 heterocycles. The second kappa shape index (κ2) is 5.87. The molecular formula is C13H13ClN4O2S. The molecule has 21 heavy (non-hydrogen) atoms. The predicted molar refractivity (Wildman–Crippen MR) is 81.1 cm³/mol. The van der Waals surface area contributed by atoms with Gasteiger partial charge in [0.05, 0.1) is 0 Å². The summed E-state index contributed by atoms with van der Waals surface area (Å²) in [5, 5.41) is 17.1. The van der Waals surface area contributed by atoms with Crippen LogP contribution in [0.2, 0.25) is 4.47 Å². The molecule has 110 valence electrons. The first-order chi connectivity index (χ1) is 10.1. The maximum Gasteiger partial charge on any atom is 0.285 e. The third kappa shape index (κ3) is 3.08. The van der Waals surface area contributed by atoms with Gasteiger partial charge in [-0.2, -0.15) is 0 Å². The zero-order chi connectivity index (χ0) is 14.8. The van der Waals surface area contributed by atoms with Crippen molar-refractivity contribution in [1.82, 2.24) is 15.1 Å². The molecule has 1 aliphatic rings. The minimum Gasteiger partial charge on any atom is -0.508 e. The Hall–Kier alpha value is -1.86. The number of aromatic nitrogens is 2. The average molecular weight is 325 g/mol. The van der Waals surface area contributed by atoms with E-state index in [1.54, 1.807) is 17.0 Å². The van der Waals surface area contributed by atoms with Gasteiger partial charge < -0.3 is 14.9 Å². The van der Waals surface area contributed by atoms with Gasteiger partial charge in [-0.05, 0) is 35.9 Å². The largest absolute Gasteiger partial charge is 0.508 e. The van der Waals surface area contributed by atoms with Crippen LogP contribution in [0.5, 0.6) is 5.75 Å². The van der Waals surface area contributed by atoms with Gasteiger partial charge in [0.25, 0.3) is 5.91 Å². The normalized spacial score (nSPS) is 15.3. The minimum absolute atomic E-state index is 0.121. The molecule has 6 nitrogen and oxygen atoms in total. The molecule has 0 spiro atoms. The first-order valence-corrected chi connectivity index (χ1v) is 7.65. The van der Waals surface area contributed by atoms with Gasteiger partial charge in [0.2, 0.25) is 9.47 Å². The molecule has 1 aromatic heterocycles. The number of piperazine rings is 1. The Morgan fingerprint density at radius 1 is 1.14 bits per heavy atom. The molecule has 1 saturated heterocycles. The Morgan fingerprint density at radius 2 is 1.81 bits per heavy atom. The zero-order valence-electron chi connectivity index (χ0n) is 11.1. The van der Waals surface area contributed by atoms with Gasteiger partial charge >= 0.3 is 0 Å². The van der Waals surface area contributed by atoms with Crippen LogP contribution in [-0.4, -0.2) is 52.3 Å². The minimum atomic E-state index is -0.121. The first kappa shape index (κ1) is 14.1. The third-order valence-electron chi connectivity index (χ3n) is 3.37. The molecular weight excluding hydrogens is 312 g/mol. The van der Waals surface area contributed by atoms with Crippen LogP contribution < -0.4 is 4.90 Å². The molecule has 0 bridgehead atoms. The van der Waals surface area contributed by atoms with Crippen molar-refractivity contribution in [2.75, 3.05) is 31.1 Å². The van der Waals surface area contributed by atoms with E-state index in [0.717, 1.165) is 30.1 Å². The standard InChI is InChI=1S/C13H13ClN4O2S/c14-13-16-15-11(21-13)12(20)18-7-5-17(6-8-18)9-1-3-10(19)4-2-9/h1-4,19H,5-8H2. The van der Waals surface area contributed by atoms with Crippen molar-refractivity contribution in [3.05, 3.63) is 33.7 Å². The lowest BCUT2D eigenvalue weighted by molar-refractivity contribution is 0.0745. The van der Waals surface area contributed by atoms with E-state index in [4.69, 9.17) is 11.6 Å². The van der Waals surface area contributed by atoms with Crippen molar-refractivity contribution in [2.24, 2.45) is 0 Å². The number of carbonyl (C=O) groups excluding carboxylic acids is 1. The molecule has 1 aromatic carbocycles. The summed E-state index contributed by atoms with van der Waals surface area (Å²) in [5.41, 5.74) is 1.04. The van der Waals surface area contributed by atoms with Gasteiger partial charge in [-0.25, -0.2) is 0 Å². The van der Waals surface area contributed by atoms with E-state index in [1.807, 2.05) is 12.1 Å². The van der Waals surface area contributed by atoms with Gasteiger partial charge in [-0.3, -0.25) is 4.79 Å². The maximum absolute atomic E-state index is 12.2. The third-order valence-corrected chi connectivity index (χ3v) is 4.37. The average Bonchev–Trinajstić information content (AvgIpc) is 2.94. The number of phenolic OH excluding ortho intramolecular Hbond substituents is 1. The number of anilines is 1. The summed E-state index contributed by atoms with van der Waals surface area (Å²) in [7, 11) is 0. The smallest absolute Gasteiger partial charge is 0.285 e. The number of aromatic hydroxyl groups is 1. The van der Waals surface area contributed by atoms with Gasteiger partial charge in [0, 0.05) is 31.9 Å². The zero-order valence-corrected chi connectivity index (χ0v) is 12.6. The van der Waals surface area contributed by atoms with Crippen LogP contribution in [0.15, 0.2) is 24.3 Å². The Bertz CT molecular complexity index is 638. The molecule has 0 atom stereocenters. The highest BCUT2D eigenvalue weighted by atomic mass is 35.5. The lowest BCUT2D eigenvalue weighted by Crippen LogP contribution is -2.48. The first-order valence-electron chi connectivity index (χ1n) is 6.46. The number of carbonyl (C=O) groups is 1. The summed E-state index contributed by atoms with van der Waals surface area (Å²) >= 11 is 6.80. The number of rotatable bonds is 2.